The van der Waals surface area contributed by atoms with E-state index < -0.39 is 0 Å². The number of rotatable bonds is 3. The van der Waals surface area contributed by atoms with Crippen LogP contribution in [0.5, 0.6) is 0 Å². The van der Waals surface area contributed by atoms with Gasteiger partial charge in [0.1, 0.15) is 0 Å². The Bertz CT molecular complexity index is 373. The Morgan fingerprint density at radius 2 is 2.12 bits per heavy atom. The van der Waals surface area contributed by atoms with Crippen LogP contribution in [0.25, 0.3) is 0 Å². The Labute approximate surface area is 111 Å². The zero-order valence-electron chi connectivity index (χ0n) is 8.81. The molecule has 1 unspecified atom stereocenters. The summed E-state index contributed by atoms with van der Waals surface area (Å²) in [6.45, 7) is 1.49. The summed E-state index contributed by atoms with van der Waals surface area (Å²) in [5.74, 6) is 0.593. The molecule has 1 atom stereocenters. The van der Waals surface area contributed by atoms with E-state index in [1.54, 1.807) is 6.07 Å². The van der Waals surface area contributed by atoms with Crippen LogP contribution in [0.15, 0.2) is 18.2 Å². The fraction of sp³-hybridized carbons (Fsp3) is 0.500. The van der Waals surface area contributed by atoms with Gasteiger partial charge in [0.15, 0.2) is 0 Å². The van der Waals surface area contributed by atoms with Crippen molar-refractivity contribution in [2.45, 2.75) is 12.8 Å². The van der Waals surface area contributed by atoms with E-state index in [1.807, 2.05) is 12.1 Å². The third-order valence-electron chi connectivity index (χ3n) is 3.04. The molecule has 1 saturated heterocycles. The Balaban J connectivity index is 2.21. The SMILES string of the molecule is ClCC1(Cc2cc(Cl)ccc2Cl)CCOC1. The van der Waals surface area contributed by atoms with Crippen molar-refractivity contribution in [2.75, 3.05) is 19.1 Å². The van der Waals surface area contributed by atoms with Gasteiger partial charge < -0.3 is 4.74 Å². The first-order chi connectivity index (χ1) is 7.65. The monoisotopic (exact) mass is 278 g/mol. The van der Waals surface area contributed by atoms with Crippen LogP contribution in [-0.2, 0) is 11.2 Å². The van der Waals surface area contributed by atoms with Crippen molar-refractivity contribution in [3.05, 3.63) is 33.8 Å². The van der Waals surface area contributed by atoms with Gasteiger partial charge >= 0.3 is 0 Å². The van der Waals surface area contributed by atoms with Crippen LogP contribution in [0.2, 0.25) is 10.0 Å². The Kier molecular flexibility index (Phi) is 4.01. The van der Waals surface area contributed by atoms with E-state index in [9.17, 15) is 0 Å². The van der Waals surface area contributed by atoms with Gasteiger partial charge in [0.2, 0.25) is 0 Å². The van der Waals surface area contributed by atoms with Crippen LogP contribution in [-0.4, -0.2) is 19.1 Å². The summed E-state index contributed by atoms with van der Waals surface area (Å²) in [7, 11) is 0. The summed E-state index contributed by atoms with van der Waals surface area (Å²) < 4.78 is 5.43. The van der Waals surface area contributed by atoms with E-state index in [0.717, 1.165) is 30.0 Å². The molecule has 1 heterocycles. The zero-order valence-corrected chi connectivity index (χ0v) is 11.1. The molecule has 0 aromatic heterocycles. The molecule has 1 aromatic carbocycles. The van der Waals surface area contributed by atoms with Gasteiger partial charge in [-0.1, -0.05) is 23.2 Å². The van der Waals surface area contributed by atoms with Crippen LogP contribution in [0.4, 0.5) is 0 Å². The molecular formula is C12H13Cl3O. The van der Waals surface area contributed by atoms with Crippen molar-refractivity contribution in [3.8, 4) is 0 Å². The maximum Gasteiger partial charge on any atom is 0.0537 e. The van der Waals surface area contributed by atoms with Crippen molar-refractivity contribution >= 4 is 34.8 Å². The van der Waals surface area contributed by atoms with Gasteiger partial charge in [0, 0.05) is 27.9 Å². The molecule has 1 nitrogen and oxygen atoms in total. The molecule has 1 aliphatic heterocycles. The first-order valence-corrected chi connectivity index (χ1v) is 6.52. The summed E-state index contributed by atoms with van der Waals surface area (Å²) in [4.78, 5) is 0. The Morgan fingerprint density at radius 3 is 2.75 bits per heavy atom. The topological polar surface area (TPSA) is 9.23 Å². The summed E-state index contributed by atoms with van der Waals surface area (Å²) >= 11 is 18.2. The summed E-state index contributed by atoms with van der Waals surface area (Å²) in [5.41, 5.74) is 1.08. The lowest BCUT2D eigenvalue weighted by Crippen LogP contribution is -2.26. The van der Waals surface area contributed by atoms with Crippen LogP contribution in [0.1, 0.15) is 12.0 Å². The van der Waals surface area contributed by atoms with Crippen molar-refractivity contribution in [3.63, 3.8) is 0 Å². The normalized spacial score (nSPS) is 24.9. The van der Waals surface area contributed by atoms with E-state index in [-0.39, 0.29) is 5.41 Å². The second-order valence-electron chi connectivity index (χ2n) is 4.35. The maximum atomic E-state index is 6.15. The van der Waals surface area contributed by atoms with Gasteiger partial charge in [-0.05, 0) is 36.6 Å². The highest BCUT2D eigenvalue weighted by Gasteiger charge is 2.34. The van der Waals surface area contributed by atoms with Crippen molar-refractivity contribution in [1.82, 2.24) is 0 Å². The third kappa shape index (κ3) is 2.65. The zero-order chi connectivity index (χ0) is 11.6. The number of halogens is 3. The first-order valence-electron chi connectivity index (χ1n) is 5.23. The van der Waals surface area contributed by atoms with Crippen molar-refractivity contribution in [2.24, 2.45) is 5.41 Å². The molecule has 1 fully saturated rings. The number of hydrogen-bond donors (Lipinski definition) is 0. The highest BCUT2D eigenvalue weighted by atomic mass is 35.5. The van der Waals surface area contributed by atoms with E-state index in [1.165, 1.54) is 0 Å². The molecule has 16 heavy (non-hydrogen) atoms. The molecule has 0 radical (unpaired) electrons. The van der Waals surface area contributed by atoms with Gasteiger partial charge in [0.25, 0.3) is 0 Å². The summed E-state index contributed by atoms with van der Waals surface area (Å²) in [6, 6.07) is 5.54. The Hall–Kier alpha value is 0.0500. The Morgan fingerprint density at radius 1 is 1.31 bits per heavy atom. The van der Waals surface area contributed by atoms with Crippen LogP contribution in [0, 0.1) is 5.41 Å². The van der Waals surface area contributed by atoms with Crippen molar-refractivity contribution < 1.29 is 4.74 Å². The lowest BCUT2D eigenvalue weighted by Gasteiger charge is -2.25. The average Bonchev–Trinajstić information content (AvgIpc) is 2.73. The molecular weight excluding hydrogens is 266 g/mol. The minimum absolute atomic E-state index is 0.0237. The largest absolute Gasteiger partial charge is 0.381 e. The van der Waals surface area contributed by atoms with Crippen molar-refractivity contribution in [1.29, 1.82) is 0 Å². The minimum Gasteiger partial charge on any atom is -0.381 e. The first kappa shape index (κ1) is 12.5. The second-order valence-corrected chi connectivity index (χ2v) is 5.46. The molecule has 0 N–H and O–H groups in total. The molecule has 1 aliphatic rings. The quantitative estimate of drug-likeness (QED) is 0.754. The van der Waals surface area contributed by atoms with Gasteiger partial charge in [-0.25, -0.2) is 0 Å². The summed E-state index contributed by atoms with van der Waals surface area (Å²) in [5, 5.41) is 1.46. The summed E-state index contributed by atoms with van der Waals surface area (Å²) in [6.07, 6.45) is 1.81. The lowest BCUT2D eigenvalue weighted by atomic mass is 9.83. The maximum absolute atomic E-state index is 6.15. The smallest absolute Gasteiger partial charge is 0.0537 e. The van der Waals surface area contributed by atoms with E-state index >= 15 is 0 Å². The molecule has 0 saturated carbocycles. The molecule has 4 heteroatoms. The molecule has 88 valence electrons. The predicted molar refractivity (Wildman–Crippen MR) is 68.8 cm³/mol. The van der Waals surface area contributed by atoms with Gasteiger partial charge in [-0.3, -0.25) is 0 Å². The highest BCUT2D eigenvalue weighted by Crippen LogP contribution is 2.36. The molecule has 0 amide bonds. The van der Waals surface area contributed by atoms with Crippen LogP contribution in [0.3, 0.4) is 0 Å². The number of benzene rings is 1. The predicted octanol–water partition coefficient (Wildman–Crippen LogP) is 4.18. The molecule has 2 rings (SSSR count). The highest BCUT2D eigenvalue weighted by molar-refractivity contribution is 6.33. The van der Waals surface area contributed by atoms with Gasteiger partial charge in [-0.2, -0.15) is 0 Å². The minimum atomic E-state index is 0.0237. The van der Waals surface area contributed by atoms with Crippen LogP contribution < -0.4 is 0 Å². The molecule has 1 aromatic rings. The number of alkyl halides is 1. The number of hydrogen-bond acceptors (Lipinski definition) is 1. The molecule has 0 spiro atoms. The van der Waals surface area contributed by atoms with Crippen LogP contribution >= 0.6 is 34.8 Å². The third-order valence-corrected chi connectivity index (χ3v) is 4.21. The van der Waals surface area contributed by atoms with E-state index in [0.29, 0.717) is 17.5 Å². The average molecular weight is 280 g/mol. The standard InChI is InChI=1S/C12H13Cl3O/c13-7-12(3-4-16-8-12)6-9-5-10(14)1-2-11(9)15/h1-2,5H,3-4,6-8H2. The van der Waals surface area contributed by atoms with Gasteiger partial charge in [0.05, 0.1) is 6.61 Å². The lowest BCUT2D eigenvalue weighted by molar-refractivity contribution is 0.161. The fourth-order valence-corrected chi connectivity index (χ4v) is 2.71. The van der Waals surface area contributed by atoms with E-state index in [2.05, 4.69) is 0 Å². The van der Waals surface area contributed by atoms with Gasteiger partial charge in [-0.15, -0.1) is 11.6 Å². The fourth-order valence-electron chi connectivity index (χ4n) is 2.02. The second kappa shape index (κ2) is 5.14. The number of ether oxygens (including phenoxy) is 1. The molecule has 0 bridgehead atoms. The molecule has 0 aliphatic carbocycles. The van der Waals surface area contributed by atoms with E-state index in [4.69, 9.17) is 39.5 Å².